The van der Waals surface area contributed by atoms with Gasteiger partial charge in [0.2, 0.25) is 0 Å². The minimum Gasteiger partial charge on any atom is -0.497 e. The maximum absolute atomic E-state index is 12.0. The number of ether oxygens (including phenoxy) is 2. The third-order valence-electron chi connectivity index (χ3n) is 3.14. The first kappa shape index (κ1) is 12.4. The third kappa shape index (κ3) is 2.03. The topological polar surface area (TPSA) is 72.8 Å². The van der Waals surface area contributed by atoms with Crippen molar-refractivity contribution in [2.45, 2.75) is 12.8 Å². The number of hydrogen-bond donors (Lipinski definition) is 1. The number of rotatable bonds is 3. The summed E-state index contributed by atoms with van der Waals surface area (Å²) in [4.78, 5) is 23.0. The Morgan fingerprint density at radius 3 is 2.56 bits per heavy atom. The van der Waals surface area contributed by atoms with Crippen LogP contribution in [0.2, 0.25) is 0 Å². The van der Waals surface area contributed by atoms with Crippen LogP contribution in [0.25, 0.3) is 0 Å². The van der Waals surface area contributed by atoms with E-state index in [1.54, 1.807) is 12.1 Å². The maximum Gasteiger partial charge on any atom is 0.307 e. The van der Waals surface area contributed by atoms with E-state index in [1.165, 1.54) is 14.2 Å². The molecule has 1 N–H and O–H groups in total. The van der Waals surface area contributed by atoms with Crippen LogP contribution in [0.15, 0.2) is 12.1 Å². The predicted octanol–water partition coefficient (Wildman–Crippen LogP) is 1.53. The molecule has 0 unspecified atom stereocenters. The van der Waals surface area contributed by atoms with Crippen molar-refractivity contribution in [3.63, 3.8) is 0 Å². The molecule has 18 heavy (non-hydrogen) atoms. The van der Waals surface area contributed by atoms with Crippen LogP contribution in [-0.2, 0) is 11.2 Å². The zero-order chi connectivity index (χ0) is 13.3. The van der Waals surface area contributed by atoms with Crippen molar-refractivity contribution in [2.75, 3.05) is 14.2 Å². The van der Waals surface area contributed by atoms with Crippen LogP contribution < -0.4 is 9.47 Å². The molecule has 0 saturated carbocycles. The van der Waals surface area contributed by atoms with E-state index in [1.807, 2.05) is 0 Å². The molecule has 1 aliphatic carbocycles. The van der Waals surface area contributed by atoms with Crippen LogP contribution >= 0.6 is 0 Å². The highest BCUT2D eigenvalue weighted by Gasteiger charge is 2.32. The standard InChI is InChI=1S/C13H14O5/c1-17-9-4-7-3-8(13(15)16)5-10(14)12(7)11(6-9)18-2/h4,6,8H,3,5H2,1-2H3,(H,15,16)/t8-/m0/s1. The van der Waals surface area contributed by atoms with Crippen molar-refractivity contribution in [1.82, 2.24) is 0 Å². The van der Waals surface area contributed by atoms with Gasteiger partial charge in [-0.3, -0.25) is 9.59 Å². The molecular formula is C13H14O5. The minimum atomic E-state index is -0.948. The summed E-state index contributed by atoms with van der Waals surface area (Å²) in [6.07, 6.45) is 0.342. The summed E-state index contributed by atoms with van der Waals surface area (Å²) >= 11 is 0. The molecular weight excluding hydrogens is 236 g/mol. The molecule has 1 aromatic carbocycles. The van der Waals surface area contributed by atoms with E-state index in [2.05, 4.69) is 0 Å². The number of aliphatic carboxylic acids is 1. The smallest absolute Gasteiger partial charge is 0.307 e. The Balaban J connectivity index is 2.51. The van der Waals surface area contributed by atoms with Gasteiger partial charge in [0.05, 0.1) is 25.7 Å². The molecule has 0 spiro atoms. The Hall–Kier alpha value is -2.04. The molecule has 0 radical (unpaired) electrons. The largest absolute Gasteiger partial charge is 0.497 e. The highest BCUT2D eigenvalue weighted by molar-refractivity contribution is 6.03. The first-order chi connectivity index (χ1) is 8.56. The van der Waals surface area contributed by atoms with Gasteiger partial charge in [0, 0.05) is 12.5 Å². The molecule has 0 bridgehead atoms. The molecule has 1 aromatic rings. The summed E-state index contributed by atoms with van der Waals surface area (Å²) in [5, 5.41) is 9.02. The molecule has 0 saturated heterocycles. The molecule has 0 aliphatic heterocycles. The van der Waals surface area contributed by atoms with Gasteiger partial charge in [-0.25, -0.2) is 0 Å². The SMILES string of the molecule is COc1cc2c(c(OC)c1)C(=O)C[C@@H](C(=O)O)C2. The van der Waals surface area contributed by atoms with Gasteiger partial charge in [0.15, 0.2) is 5.78 Å². The van der Waals surface area contributed by atoms with Crippen LogP contribution in [0.5, 0.6) is 11.5 Å². The van der Waals surface area contributed by atoms with E-state index in [-0.39, 0.29) is 12.2 Å². The molecule has 0 fully saturated rings. The molecule has 0 aromatic heterocycles. The minimum absolute atomic E-state index is 0.0189. The molecule has 2 rings (SSSR count). The number of benzene rings is 1. The molecule has 1 atom stereocenters. The van der Waals surface area contributed by atoms with Crippen LogP contribution in [0, 0.1) is 5.92 Å². The van der Waals surface area contributed by atoms with E-state index in [0.717, 1.165) is 0 Å². The van der Waals surface area contributed by atoms with Crippen LogP contribution in [0.1, 0.15) is 22.3 Å². The van der Waals surface area contributed by atoms with E-state index in [4.69, 9.17) is 14.6 Å². The Bertz CT molecular complexity index is 506. The molecule has 1 aliphatic rings. The Morgan fingerprint density at radius 1 is 1.28 bits per heavy atom. The predicted molar refractivity (Wildman–Crippen MR) is 63.3 cm³/mol. The number of carboxylic acid groups (broad SMARTS) is 1. The van der Waals surface area contributed by atoms with Crippen LogP contribution in [0.4, 0.5) is 0 Å². The lowest BCUT2D eigenvalue weighted by molar-refractivity contribution is -0.141. The lowest BCUT2D eigenvalue weighted by Gasteiger charge is -2.23. The van der Waals surface area contributed by atoms with Gasteiger partial charge in [0.1, 0.15) is 11.5 Å². The second-order valence-electron chi connectivity index (χ2n) is 4.23. The first-order valence-corrected chi connectivity index (χ1v) is 5.57. The average Bonchev–Trinajstić information content (AvgIpc) is 2.36. The molecule has 0 heterocycles. The number of Topliss-reactive ketones (excluding diaryl/α,β-unsaturated/α-hetero) is 1. The van der Waals surface area contributed by atoms with Gasteiger partial charge in [0.25, 0.3) is 0 Å². The summed E-state index contributed by atoms with van der Waals surface area (Å²) < 4.78 is 10.3. The highest BCUT2D eigenvalue weighted by atomic mass is 16.5. The van der Waals surface area contributed by atoms with Gasteiger partial charge >= 0.3 is 5.97 Å². The van der Waals surface area contributed by atoms with Crippen molar-refractivity contribution in [3.8, 4) is 11.5 Å². The fourth-order valence-electron chi connectivity index (χ4n) is 2.24. The number of carboxylic acids is 1. The van der Waals surface area contributed by atoms with Gasteiger partial charge in [-0.1, -0.05) is 0 Å². The zero-order valence-corrected chi connectivity index (χ0v) is 10.2. The number of carbonyl (C=O) groups is 2. The molecule has 5 nitrogen and oxygen atoms in total. The van der Waals surface area contributed by atoms with E-state index in [0.29, 0.717) is 29.0 Å². The second kappa shape index (κ2) is 4.68. The van der Waals surface area contributed by atoms with Crippen molar-refractivity contribution in [3.05, 3.63) is 23.3 Å². The summed E-state index contributed by atoms with van der Waals surface area (Å²) in [6.45, 7) is 0. The fourth-order valence-corrected chi connectivity index (χ4v) is 2.24. The first-order valence-electron chi connectivity index (χ1n) is 5.57. The summed E-state index contributed by atoms with van der Waals surface area (Å²) in [5.41, 5.74) is 1.16. The molecule has 96 valence electrons. The van der Waals surface area contributed by atoms with Crippen LogP contribution in [0.3, 0.4) is 0 Å². The van der Waals surface area contributed by atoms with Gasteiger partial charge in [-0.05, 0) is 18.1 Å². The lowest BCUT2D eigenvalue weighted by atomic mass is 9.82. The van der Waals surface area contributed by atoms with Crippen molar-refractivity contribution in [1.29, 1.82) is 0 Å². The van der Waals surface area contributed by atoms with Crippen molar-refractivity contribution in [2.24, 2.45) is 5.92 Å². The van der Waals surface area contributed by atoms with E-state index >= 15 is 0 Å². The number of ketones is 1. The Labute approximate surface area is 104 Å². The number of fused-ring (bicyclic) bond motifs is 1. The number of hydrogen-bond acceptors (Lipinski definition) is 4. The fraction of sp³-hybridized carbons (Fsp3) is 0.385. The average molecular weight is 250 g/mol. The highest BCUT2D eigenvalue weighted by Crippen LogP contribution is 2.35. The monoisotopic (exact) mass is 250 g/mol. The Kier molecular flexibility index (Phi) is 3.23. The van der Waals surface area contributed by atoms with Gasteiger partial charge in [-0.2, -0.15) is 0 Å². The number of methoxy groups -OCH3 is 2. The summed E-state index contributed by atoms with van der Waals surface area (Å²) in [6, 6.07) is 3.34. The van der Waals surface area contributed by atoms with E-state index in [9.17, 15) is 9.59 Å². The second-order valence-corrected chi connectivity index (χ2v) is 4.23. The molecule has 5 heteroatoms. The summed E-state index contributed by atoms with van der Waals surface area (Å²) in [7, 11) is 2.99. The zero-order valence-electron chi connectivity index (χ0n) is 10.2. The lowest BCUT2D eigenvalue weighted by Crippen LogP contribution is -2.26. The summed E-state index contributed by atoms with van der Waals surface area (Å²) in [5.74, 6) is -0.802. The normalized spacial score (nSPS) is 18.1. The van der Waals surface area contributed by atoms with Gasteiger partial charge in [-0.15, -0.1) is 0 Å². The van der Waals surface area contributed by atoms with Crippen molar-refractivity contribution < 1.29 is 24.2 Å². The van der Waals surface area contributed by atoms with Crippen LogP contribution in [-0.4, -0.2) is 31.1 Å². The third-order valence-corrected chi connectivity index (χ3v) is 3.14. The molecule has 0 amide bonds. The quantitative estimate of drug-likeness (QED) is 0.880. The van der Waals surface area contributed by atoms with Crippen molar-refractivity contribution >= 4 is 11.8 Å². The maximum atomic E-state index is 12.0. The number of carbonyl (C=O) groups excluding carboxylic acids is 1. The Morgan fingerprint density at radius 2 is 2.00 bits per heavy atom. The van der Waals surface area contributed by atoms with E-state index < -0.39 is 11.9 Å². The van der Waals surface area contributed by atoms with Gasteiger partial charge < -0.3 is 14.6 Å².